The standard InChI is InChI=1S/C13H15BrN2O4/c1-13(20-6-11(17)18)7-16(8-13)12(19)15-10-4-2-3-9(14)5-10/h2-5H,6-8H2,1H3,(H,15,19)(H,17,18). The Morgan fingerprint density at radius 1 is 1.50 bits per heavy atom. The van der Waals surface area contributed by atoms with Gasteiger partial charge in [0.05, 0.1) is 13.1 Å². The van der Waals surface area contributed by atoms with Crippen LogP contribution in [0.25, 0.3) is 0 Å². The first-order valence-corrected chi connectivity index (χ1v) is 6.84. The van der Waals surface area contributed by atoms with Crippen molar-refractivity contribution >= 4 is 33.6 Å². The summed E-state index contributed by atoms with van der Waals surface area (Å²) in [4.78, 5) is 24.0. The number of nitrogens with one attached hydrogen (secondary N) is 1. The average molecular weight is 343 g/mol. The third-order valence-electron chi connectivity index (χ3n) is 2.96. The first-order chi connectivity index (χ1) is 9.38. The van der Waals surface area contributed by atoms with Crippen LogP contribution in [0, 0.1) is 0 Å². The Balaban J connectivity index is 1.83. The topological polar surface area (TPSA) is 78.9 Å². The molecule has 1 saturated heterocycles. The summed E-state index contributed by atoms with van der Waals surface area (Å²) >= 11 is 3.33. The third-order valence-corrected chi connectivity index (χ3v) is 3.45. The van der Waals surface area contributed by atoms with Gasteiger partial charge in [-0.3, -0.25) is 0 Å². The lowest BCUT2D eigenvalue weighted by molar-refractivity contribution is -0.159. The van der Waals surface area contributed by atoms with Gasteiger partial charge in [0.25, 0.3) is 0 Å². The maximum absolute atomic E-state index is 12.0. The lowest BCUT2D eigenvalue weighted by Crippen LogP contribution is -2.64. The van der Waals surface area contributed by atoms with Gasteiger partial charge in [-0.2, -0.15) is 0 Å². The highest BCUT2D eigenvalue weighted by Gasteiger charge is 2.42. The van der Waals surface area contributed by atoms with E-state index in [9.17, 15) is 9.59 Å². The summed E-state index contributed by atoms with van der Waals surface area (Å²) in [5, 5.41) is 11.3. The Kier molecular flexibility index (Phi) is 4.29. The molecule has 108 valence electrons. The molecule has 1 heterocycles. The molecular weight excluding hydrogens is 328 g/mol. The van der Waals surface area contributed by atoms with Crippen LogP contribution in [0.3, 0.4) is 0 Å². The van der Waals surface area contributed by atoms with Crippen molar-refractivity contribution in [2.45, 2.75) is 12.5 Å². The second kappa shape index (κ2) is 5.80. The van der Waals surface area contributed by atoms with Gasteiger partial charge in [0.1, 0.15) is 12.2 Å². The smallest absolute Gasteiger partial charge is 0.329 e. The zero-order chi connectivity index (χ0) is 14.8. The normalized spacial score (nSPS) is 16.4. The van der Waals surface area contributed by atoms with Gasteiger partial charge in [0.2, 0.25) is 0 Å². The first kappa shape index (κ1) is 14.8. The van der Waals surface area contributed by atoms with Crippen LogP contribution in [0.4, 0.5) is 10.5 Å². The molecule has 0 aliphatic carbocycles. The average Bonchev–Trinajstić information content (AvgIpc) is 2.33. The number of aliphatic carboxylic acids is 1. The Bertz CT molecular complexity index is 529. The van der Waals surface area contributed by atoms with E-state index < -0.39 is 11.6 Å². The van der Waals surface area contributed by atoms with E-state index in [2.05, 4.69) is 21.2 Å². The number of urea groups is 1. The quantitative estimate of drug-likeness (QED) is 0.878. The molecule has 1 aliphatic rings. The lowest BCUT2D eigenvalue weighted by Gasteiger charge is -2.46. The van der Waals surface area contributed by atoms with Crippen LogP contribution in [0.1, 0.15) is 6.92 Å². The van der Waals surface area contributed by atoms with E-state index >= 15 is 0 Å². The van der Waals surface area contributed by atoms with Crippen molar-refractivity contribution in [3.63, 3.8) is 0 Å². The summed E-state index contributed by atoms with van der Waals surface area (Å²) in [6.45, 7) is 2.19. The minimum absolute atomic E-state index is 0.223. The molecule has 0 unspecified atom stereocenters. The number of carbonyl (C=O) groups is 2. The summed E-state index contributed by atoms with van der Waals surface area (Å²) < 4.78 is 6.13. The third kappa shape index (κ3) is 3.71. The van der Waals surface area contributed by atoms with Crippen molar-refractivity contribution in [3.05, 3.63) is 28.7 Å². The van der Waals surface area contributed by atoms with Gasteiger partial charge >= 0.3 is 12.0 Å². The fraction of sp³-hybridized carbons (Fsp3) is 0.385. The molecule has 6 nitrogen and oxygen atoms in total. The van der Waals surface area contributed by atoms with Crippen molar-refractivity contribution in [1.29, 1.82) is 0 Å². The predicted octanol–water partition coefficient (Wildman–Crippen LogP) is 2.16. The Labute approximate surface area is 124 Å². The van der Waals surface area contributed by atoms with Gasteiger partial charge in [-0.25, -0.2) is 9.59 Å². The number of amides is 2. The number of carboxylic acids is 1. The molecule has 1 fully saturated rings. The number of hydrogen-bond acceptors (Lipinski definition) is 3. The van der Waals surface area contributed by atoms with Crippen molar-refractivity contribution in [2.24, 2.45) is 0 Å². The molecule has 0 atom stereocenters. The van der Waals surface area contributed by atoms with E-state index in [1.54, 1.807) is 24.0 Å². The minimum Gasteiger partial charge on any atom is -0.480 e. The Hall–Kier alpha value is -1.60. The number of rotatable bonds is 4. The number of carboxylic acid groups (broad SMARTS) is 1. The second-order valence-corrected chi connectivity index (χ2v) is 5.84. The fourth-order valence-corrected chi connectivity index (χ4v) is 2.40. The molecular formula is C13H15BrN2O4. The maximum Gasteiger partial charge on any atom is 0.329 e. The number of benzene rings is 1. The first-order valence-electron chi connectivity index (χ1n) is 6.05. The van der Waals surface area contributed by atoms with Crippen LogP contribution < -0.4 is 5.32 Å². The number of ether oxygens (including phenoxy) is 1. The van der Waals surface area contributed by atoms with Crippen LogP contribution in [0.15, 0.2) is 28.7 Å². The van der Waals surface area contributed by atoms with Gasteiger partial charge in [-0.05, 0) is 25.1 Å². The number of likely N-dealkylation sites (tertiary alicyclic amines) is 1. The molecule has 2 amide bonds. The molecule has 1 aromatic rings. The van der Waals surface area contributed by atoms with Crippen LogP contribution in [0.2, 0.25) is 0 Å². The molecule has 20 heavy (non-hydrogen) atoms. The van der Waals surface area contributed by atoms with E-state index in [4.69, 9.17) is 9.84 Å². The second-order valence-electron chi connectivity index (χ2n) is 4.93. The monoisotopic (exact) mass is 342 g/mol. The Morgan fingerprint density at radius 3 is 2.80 bits per heavy atom. The summed E-state index contributed by atoms with van der Waals surface area (Å²) in [6.07, 6.45) is 0. The molecule has 2 rings (SSSR count). The van der Waals surface area contributed by atoms with Crippen LogP contribution in [-0.2, 0) is 9.53 Å². The van der Waals surface area contributed by atoms with E-state index in [-0.39, 0.29) is 12.6 Å². The van der Waals surface area contributed by atoms with Gasteiger partial charge < -0.3 is 20.1 Å². The maximum atomic E-state index is 12.0. The van der Waals surface area contributed by atoms with Gasteiger partial charge in [-0.1, -0.05) is 22.0 Å². The molecule has 0 spiro atoms. The van der Waals surface area contributed by atoms with Crippen molar-refractivity contribution in [1.82, 2.24) is 4.90 Å². The minimum atomic E-state index is -1.01. The lowest BCUT2D eigenvalue weighted by atomic mass is 9.97. The van der Waals surface area contributed by atoms with Crippen LogP contribution in [-0.4, -0.2) is 47.3 Å². The molecule has 0 aromatic heterocycles. The van der Waals surface area contributed by atoms with Gasteiger partial charge in [-0.15, -0.1) is 0 Å². The Morgan fingerprint density at radius 2 is 2.20 bits per heavy atom. The van der Waals surface area contributed by atoms with Crippen LogP contribution in [0.5, 0.6) is 0 Å². The number of nitrogens with zero attached hydrogens (tertiary/aromatic N) is 1. The highest BCUT2D eigenvalue weighted by atomic mass is 79.9. The molecule has 0 saturated carbocycles. The number of carbonyl (C=O) groups excluding carboxylic acids is 1. The van der Waals surface area contributed by atoms with Crippen LogP contribution >= 0.6 is 15.9 Å². The molecule has 0 bridgehead atoms. The predicted molar refractivity (Wildman–Crippen MR) is 76.7 cm³/mol. The SMILES string of the molecule is CC1(OCC(=O)O)CN(C(=O)Nc2cccc(Br)c2)C1. The molecule has 0 radical (unpaired) electrons. The van der Waals surface area contributed by atoms with E-state index in [0.717, 1.165) is 4.47 Å². The summed E-state index contributed by atoms with van der Waals surface area (Å²) in [6, 6.07) is 7.08. The van der Waals surface area contributed by atoms with Crippen molar-refractivity contribution in [2.75, 3.05) is 25.0 Å². The molecule has 7 heteroatoms. The number of hydrogen-bond donors (Lipinski definition) is 2. The number of anilines is 1. The van der Waals surface area contributed by atoms with E-state index in [1.807, 2.05) is 12.1 Å². The fourth-order valence-electron chi connectivity index (χ4n) is 2.00. The molecule has 1 aromatic carbocycles. The highest BCUT2D eigenvalue weighted by Crippen LogP contribution is 2.25. The van der Waals surface area contributed by atoms with E-state index in [0.29, 0.717) is 18.8 Å². The summed E-state index contributed by atoms with van der Waals surface area (Å²) in [5.74, 6) is -1.01. The number of halogens is 1. The zero-order valence-corrected chi connectivity index (χ0v) is 12.5. The van der Waals surface area contributed by atoms with Crippen molar-refractivity contribution < 1.29 is 19.4 Å². The molecule has 2 N–H and O–H groups in total. The van der Waals surface area contributed by atoms with Crippen molar-refractivity contribution in [3.8, 4) is 0 Å². The molecule has 1 aliphatic heterocycles. The largest absolute Gasteiger partial charge is 0.480 e. The van der Waals surface area contributed by atoms with Gasteiger partial charge in [0.15, 0.2) is 0 Å². The highest BCUT2D eigenvalue weighted by molar-refractivity contribution is 9.10. The summed E-state index contributed by atoms with van der Waals surface area (Å²) in [7, 11) is 0. The summed E-state index contributed by atoms with van der Waals surface area (Å²) in [5.41, 5.74) is 0.122. The van der Waals surface area contributed by atoms with E-state index in [1.165, 1.54) is 0 Å². The zero-order valence-electron chi connectivity index (χ0n) is 10.9. The van der Waals surface area contributed by atoms with Gasteiger partial charge in [0, 0.05) is 10.2 Å².